The predicted molar refractivity (Wildman–Crippen MR) is 81.4 cm³/mol. The van der Waals surface area contributed by atoms with E-state index in [1.165, 1.54) is 0 Å². The maximum absolute atomic E-state index is 11.6. The van der Waals surface area contributed by atoms with Gasteiger partial charge in [-0.05, 0) is 18.1 Å². The van der Waals surface area contributed by atoms with Gasteiger partial charge in [0, 0.05) is 29.9 Å². The summed E-state index contributed by atoms with van der Waals surface area (Å²) in [5.74, 6) is 1.26. The molecule has 0 aliphatic heterocycles. The Morgan fingerprint density at radius 3 is 3.05 bits per heavy atom. The van der Waals surface area contributed by atoms with Crippen LogP contribution in [-0.2, 0) is 12.2 Å². The largest absolute Gasteiger partial charge is 0.291 e. The van der Waals surface area contributed by atoms with Gasteiger partial charge in [0.15, 0.2) is 5.16 Å². The third-order valence-corrected chi connectivity index (χ3v) is 4.05. The summed E-state index contributed by atoms with van der Waals surface area (Å²) in [7, 11) is 0. The number of thioether (sulfide) groups is 1. The highest BCUT2D eigenvalue weighted by atomic mass is 32.2. The molecule has 0 bridgehead atoms. The molecule has 3 rings (SSSR count). The first kappa shape index (κ1) is 13.8. The minimum Gasteiger partial charge on any atom is -0.291 e. The van der Waals surface area contributed by atoms with Crippen LogP contribution in [0.15, 0.2) is 40.5 Å². The molecule has 0 aliphatic carbocycles. The lowest BCUT2D eigenvalue weighted by atomic mass is 10.2. The van der Waals surface area contributed by atoms with Crippen molar-refractivity contribution < 1.29 is 0 Å². The Hall–Kier alpha value is -2.15. The van der Waals surface area contributed by atoms with Crippen molar-refractivity contribution in [3.05, 3.63) is 52.2 Å². The monoisotopic (exact) mass is 301 g/mol. The van der Waals surface area contributed by atoms with E-state index in [0.29, 0.717) is 5.78 Å². The van der Waals surface area contributed by atoms with Crippen molar-refractivity contribution >= 4 is 17.5 Å². The molecule has 21 heavy (non-hydrogen) atoms. The fourth-order valence-electron chi connectivity index (χ4n) is 2.14. The third-order valence-electron chi connectivity index (χ3n) is 3.05. The lowest BCUT2D eigenvalue weighted by Crippen LogP contribution is -2.11. The van der Waals surface area contributed by atoms with Crippen molar-refractivity contribution in [2.24, 2.45) is 0 Å². The zero-order valence-corrected chi connectivity index (χ0v) is 12.4. The maximum Gasteiger partial charge on any atom is 0.252 e. The highest BCUT2D eigenvalue weighted by molar-refractivity contribution is 7.98. The molecule has 0 aliphatic rings. The Kier molecular flexibility index (Phi) is 4.01. The van der Waals surface area contributed by atoms with Gasteiger partial charge in [0.1, 0.15) is 0 Å². The third kappa shape index (κ3) is 2.97. The van der Waals surface area contributed by atoms with Gasteiger partial charge in [0.2, 0.25) is 5.78 Å². The fourth-order valence-corrected chi connectivity index (χ4v) is 3.03. The van der Waals surface area contributed by atoms with Crippen LogP contribution in [0.3, 0.4) is 0 Å². The quantitative estimate of drug-likeness (QED) is 0.730. The molecule has 0 amide bonds. The Balaban J connectivity index is 1.93. The Morgan fingerprint density at radius 1 is 1.38 bits per heavy atom. The molecule has 6 nitrogen and oxygen atoms in total. The minimum atomic E-state index is -0.137. The number of rotatable bonds is 5. The van der Waals surface area contributed by atoms with E-state index in [-0.39, 0.29) is 5.56 Å². The molecule has 108 valence electrons. The van der Waals surface area contributed by atoms with Crippen molar-refractivity contribution in [1.29, 1.82) is 0 Å². The molecule has 3 heterocycles. The Morgan fingerprint density at radius 2 is 2.29 bits per heavy atom. The number of aromatic amines is 1. The lowest BCUT2D eigenvalue weighted by Gasteiger charge is -2.05. The normalized spacial score (nSPS) is 11.1. The van der Waals surface area contributed by atoms with Crippen LogP contribution < -0.4 is 5.56 Å². The van der Waals surface area contributed by atoms with Crippen molar-refractivity contribution in [2.75, 3.05) is 0 Å². The van der Waals surface area contributed by atoms with E-state index < -0.39 is 0 Å². The van der Waals surface area contributed by atoms with Gasteiger partial charge in [-0.25, -0.2) is 0 Å². The van der Waals surface area contributed by atoms with Crippen LogP contribution in [0.4, 0.5) is 0 Å². The summed E-state index contributed by atoms with van der Waals surface area (Å²) in [6, 6.07) is 5.56. The smallest absolute Gasteiger partial charge is 0.252 e. The number of nitrogens with zero attached hydrogens (tertiary/aromatic N) is 4. The summed E-state index contributed by atoms with van der Waals surface area (Å²) >= 11 is 1.58. The molecule has 1 N–H and O–H groups in total. The summed E-state index contributed by atoms with van der Waals surface area (Å²) < 4.78 is 1.92. The predicted octanol–water partition coefficient (Wildman–Crippen LogP) is 2.06. The van der Waals surface area contributed by atoms with Gasteiger partial charge in [-0.15, -0.1) is 10.2 Å². The van der Waals surface area contributed by atoms with Crippen molar-refractivity contribution in [3.63, 3.8) is 0 Å². The first-order valence-corrected chi connectivity index (χ1v) is 7.75. The molecular formula is C14H15N5OS. The summed E-state index contributed by atoms with van der Waals surface area (Å²) in [5, 5.41) is 9.02. The molecule has 7 heteroatoms. The average Bonchev–Trinajstić information content (AvgIpc) is 2.89. The highest BCUT2D eigenvalue weighted by Gasteiger charge is 2.11. The van der Waals surface area contributed by atoms with Gasteiger partial charge in [-0.1, -0.05) is 31.2 Å². The van der Waals surface area contributed by atoms with E-state index in [9.17, 15) is 4.79 Å². The van der Waals surface area contributed by atoms with Gasteiger partial charge < -0.3 is 0 Å². The summed E-state index contributed by atoms with van der Waals surface area (Å²) in [6.07, 6.45) is 5.37. The van der Waals surface area contributed by atoms with Gasteiger partial charge in [-0.2, -0.15) is 0 Å². The van der Waals surface area contributed by atoms with Crippen LogP contribution in [0.5, 0.6) is 0 Å². The number of hydrogen-bond acceptors (Lipinski definition) is 5. The van der Waals surface area contributed by atoms with E-state index >= 15 is 0 Å². The molecule has 0 atom stereocenters. The number of aromatic nitrogens is 5. The van der Waals surface area contributed by atoms with E-state index in [1.807, 2.05) is 22.7 Å². The molecule has 3 aromatic rings. The number of H-pyrrole nitrogens is 1. The summed E-state index contributed by atoms with van der Waals surface area (Å²) in [5.41, 5.74) is 1.93. The van der Waals surface area contributed by atoms with E-state index in [4.69, 9.17) is 0 Å². The number of fused-ring (bicyclic) bond motifs is 1. The van der Waals surface area contributed by atoms with Crippen molar-refractivity contribution in [2.45, 2.75) is 30.7 Å². The van der Waals surface area contributed by atoms with Crippen LogP contribution in [0.2, 0.25) is 0 Å². The molecule has 0 spiro atoms. The Bertz CT molecular complexity index is 796. The number of pyridine rings is 1. The van der Waals surface area contributed by atoms with E-state index in [0.717, 1.165) is 35.0 Å². The number of nitrogens with one attached hydrogen (secondary N) is 1. The summed E-state index contributed by atoms with van der Waals surface area (Å²) in [4.78, 5) is 18.4. The van der Waals surface area contributed by atoms with Crippen molar-refractivity contribution in [3.8, 4) is 0 Å². The second kappa shape index (κ2) is 6.09. The zero-order valence-electron chi connectivity index (χ0n) is 11.6. The lowest BCUT2D eigenvalue weighted by molar-refractivity contribution is 0.800. The standard InChI is InChI=1S/C14H15N5OS/c1-2-4-11-7-12(20)16-13-17-18-14(19(11)13)21-9-10-5-3-6-15-8-10/h3,5-8H,2,4,9H2,1H3,(H,16,17,20). The van der Waals surface area contributed by atoms with Crippen LogP contribution >= 0.6 is 11.8 Å². The molecule has 0 aromatic carbocycles. The second-order valence-electron chi connectivity index (χ2n) is 4.67. The molecule has 0 radical (unpaired) electrons. The van der Waals surface area contributed by atoms with Crippen LogP contribution in [0, 0.1) is 0 Å². The van der Waals surface area contributed by atoms with Crippen molar-refractivity contribution in [1.82, 2.24) is 24.6 Å². The topological polar surface area (TPSA) is 75.9 Å². The molecule has 0 unspecified atom stereocenters. The zero-order chi connectivity index (χ0) is 14.7. The second-order valence-corrected chi connectivity index (χ2v) is 5.61. The first-order valence-electron chi connectivity index (χ1n) is 6.77. The minimum absolute atomic E-state index is 0.137. The average molecular weight is 301 g/mol. The molecule has 0 saturated carbocycles. The molecule has 3 aromatic heterocycles. The van der Waals surface area contributed by atoms with Gasteiger partial charge in [-0.3, -0.25) is 19.2 Å². The molecule has 0 fully saturated rings. The highest BCUT2D eigenvalue weighted by Crippen LogP contribution is 2.21. The molecular weight excluding hydrogens is 286 g/mol. The van der Waals surface area contributed by atoms with Gasteiger partial charge in [0.05, 0.1) is 0 Å². The van der Waals surface area contributed by atoms with Gasteiger partial charge in [0.25, 0.3) is 5.56 Å². The first-order chi connectivity index (χ1) is 10.3. The maximum atomic E-state index is 11.6. The van der Waals surface area contributed by atoms with Crippen LogP contribution in [0.1, 0.15) is 24.6 Å². The van der Waals surface area contributed by atoms with Crippen LogP contribution in [-0.4, -0.2) is 24.6 Å². The van der Waals surface area contributed by atoms with Gasteiger partial charge >= 0.3 is 0 Å². The van der Waals surface area contributed by atoms with E-state index in [2.05, 4.69) is 27.1 Å². The van der Waals surface area contributed by atoms with Crippen LogP contribution in [0.25, 0.3) is 5.78 Å². The Labute approximate surface area is 125 Å². The SMILES string of the molecule is CCCc1cc(=O)[nH]c2nnc(SCc3cccnc3)n12. The number of hydrogen-bond donors (Lipinski definition) is 1. The molecule has 0 saturated heterocycles. The van der Waals surface area contributed by atoms with E-state index in [1.54, 1.807) is 24.0 Å². The fraction of sp³-hybridized carbons (Fsp3) is 0.286. The number of aryl methyl sites for hydroxylation is 1. The summed E-state index contributed by atoms with van der Waals surface area (Å²) in [6.45, 7) is 2.08.